The van der Waals surface area contributed by atoms with Gasteiger partial charge in [-0.25, -0.2) is 24.9 Å². The van der Waals surface area contributed by atoms with Crippen LogP contribution in [0.3, 0.4) is 0 Å². The molecule has 1 aromatic carbocycles. The maximum Gasteiger partial charge on any atom is 0.198 e. The number of piperazine rings is 1. The maximum atomic E-state index is 5.80. The molecule has 0 bridgehead atoms. The summed E-state index contributed by atoms with van der Waals surface area (Å²) in [5, 5.41) is 7.62. The van der Waals surface area contributed by atoms with E-state index in [9.17, 15) is 0 Å². The lowest BCUT2D eigenvalue weighted by atomic mass is 10.2. The highest BCUT2D eigenvalue weighted by Gasteiger charge is 2.20. The summed E-state index contributed by atoms with van der Waals surface area (Å²) in [5.41, 5.74) is 12.6. The zero-order valence-electron chi connectivity index (χ0n) is 18.7. The van der Waals surface area contributed by atoms with E-state index in [2.05, 4.69) is 52.8 Å². The molecular weight excluding hydrogens is 446 g/mol. The highest BCUT2D eigenvalue weighted by Crippen LogP contribution is 2.25. The van der Waals surface area contributed by atoms with E-state index in [1.807, 2.05) is 24.3 Å². The molecule has 35 heavy (non-hydrogen) atoms. The van der Waals surface area contributed by atoms with Crippen molar-refractivity contribution in [2.45, 2.75) is 0 Å². The Hall–Kier alpha value is -4.87. The van der Waals surface area contributed by atoms with Crippen LogP contribution in [0.15, 0.2) is 73.4 Å². The molecule has 0 aliphatic carbocycles. The van der Waals surface area contributed by atoms with E-state index in [-0.39, 0.29) is 0 Å². The standard InChI is InChI=1S/C23H23N11O/c24-20-13-25-12-18(29-20)19-14-34-23(26-15-27-34)22(30-19)28-16-3-5-17(6-4-16)32-7-9-33(10-8-32)21-2-1-11-35-31-21/h1-6,11-15,31H,7-10H2,(H2,24,29)(H,28,30). The van der Waals surface area contributed by atoms with Gasteiger partial charge in [0.2, 0.25) is 0 Å². The van der Waals surface area contributed by atoms with Crippen molar-refractivity contribution in [1.82, 2.24) is 39.9 Å². The van der Waals surface area contributed by atoms with Gasteiger partial charge in [0, 0.05) is 37.6 Å². The SMILES string of the molecule is Nc1cncc(-c2cn3ncnc3c(Nc3ccc(N4CCN(C5=CC=CON5)CC4)cc3)n2)n1. The van der Waals surface area contributed by atoms with Crippen molar-refractivity contribution in [3.63, 3.8) is 0 Å². The van der Waals surface area contributed by atoms with Crippen LogP contribution in [0.4, 0.5) is 23.0 Å². The molecule has 3 aromatic heterocycles. The maximum absolute atomic E-state index is 5.80. The van der Waals surface area contributed by atoms with Gasteiger partial charge in [-0.1, -0.05) is 0 Å². The quantitative estimate of drug-likeness (QED) is 0.396. The van der Waals surface area contributed by atoms with Crippen LogP contribution in [-0.2, 0) is 4.84 Å². The van der Waals surface area contributed by atoms with E-state index in [0.29, 0.717) is 28.7 Å². The first-order valence-electron chi connectivity index (χ1n) is 11.2. The number of hydrogen-bond acceptors (Lipinski definition) is 11. The van der Waals surface area contributed by atoms with Crippen LogP contribution >= 0.6 is 0 Å². The fourth-order valence-electron chi connectivity index (χ4n) is 4.11. The van der Waals surface area contributed by atoms with Gasteiger partial charge >= 0.3 is 0 Å². The lowest BCUT2D eigenvalue weighted by molar-refractivity contribution is 0.116. The number of anilines is 4. The minimum Gasteiger partial charge on any atom is -0.389 e. The van der Waals surface area contributed by atoms with E-state index in [0.717, 1.165) is 37.7 Å². The van der Waals surface area contributed by atoms with Crippen molar-refractivity contribution in [3.8, 4) is 11.4 Å². The number of nitrogen functional groups attached to an aromatic ring is 1. The summed E-state index contributed by atoms with van der Waals surface area (Å²) in [5.74, 6) is 1.88. The van der Waals surface area contributed by atoms with Gasteiger partial charge in [0.1, 0.15) is 35.6 Å². The number of fused-ring (bicyclic) bond motifs is 1. The zero-order valence-corrected chi connectivity index (χ0v) is 18.7. The summed E-state index contributed by atoms with van der Waals surface area (Å²) < 4.78 is 1.65. The highest BCUT2D eigenvalue weighted by atomic mass is 16.6. The fraction of sp³-hybridized carbons (Fsp3) is 0.174. The lowest BCUT2D eigenvalue weighted by Crippen LogP contribution is -2.48. The molecule has 2 aliphatic rings. The third-order valence-electron chi connectivity index (χ3n) is 5.86. The molecule has 0 atom stereocenters. The average molecular weight is 470 g/mol. The van der Waals surface area contributed by atoms with Crippen LogP contribution in [0.5, 0.6) is 0 Å². The Morgan fingerprint density at radius 3 is 2.57 bits per heavy atom. The molecule has 1 saturated heterocycles. The normalized spacial score (nSPS) is 15.5. The number of nitrogens with zero attached hydrogens (tertiary/aromatic N) is 8. The minimum absolute atomic E-state index is 0.325. The number of hydrogen-bond donors (Lipinski definition) is 3. The summed E-state index contributed by atoms with van der Waals surface area (Å²) in [4.78, 5) is 27.3. The second-order valence-corrected chi connectivity index (χ2v) is 8.08. The minimum atomic E-state index is 0.325. The fourth-order valence-corrected chi connectivity index (χ4v) is 4.11. The van der Waals surface area contributed by atoms with Crippen LogP contribution in [-0.4, -0.2) is 60.6 Å². The number of nitrogens with one attached hydrogen (secondary N) is 2. The second-order valence-electron chi connectivity index (χ2n) is 8.08. The largest absolute Gasteiger partial charge is 0.389 e. The molecule has 0 spiro atoms. The number of nitrogens with two attached hydrogens (primary N) is 1. The lowest BCUT2D eigenvalue weighted by Gasteiger charge is -2.38. The van der Waals surface area contributed by atoms with Crippen molar-refractivity contribution >= 4 is 28.7 Å². The predicted octanol–water partition coefficient (Wildman–Crippen LogP) is 1.92. The van der Waals surface area contributed by atoms with Crippen molar-refractivity contribution in [2.24, 2.45) is 0 Å². The van der Waals surface area contributed by atoms with E-state index in [4.69, 9.17) is 15.6 Å². The number of allylic oxidation sites excluding steroid dienone is 2. The summed E-state index contributed by atoms with van der Waals surface area (Å²) in [6.45, 7) is 3.65. The molecule has 4 N–H and O–H groups in total. The van der Waals surface area contributed by atoms with Crippen molar-refractivity contribution in [2.75, 3.05) is 42.1 Å². The third kappa shape index (κ3) is 4.24. The number of benzene rings is 1. The van der Waals surface area contributed by atoms with E-state index in [1.54, 1.807) is 23.2 Å². The molecule has 2 aliphatic heterocycles. The number of rotatable bonds is 5. The van der Waals surface area contributed by atoms with Gasteiger partial charge in [-0.05, 0) is 36.4 Å². The molecule has 12 nitrogen and oxygen atoms in total. The average Bonchev–Trinajstić information content (AvgIpc) is 3.39. The Balaban J connectivity index is 1.18. The van der Waals surface area contributed by atoms with Crippen molar-refractivity contribution in [3.05, 3.63) is 73.4 Å². The molecule has 0 unspecified atom stereocenters. The summed E-state index contributed by atoms with van der Waals surface area (Å²) in [6, 6.07) is 8.28. The first-order valence-corrected chi connectivity index (χ1v) is 11.2. The van der Waals surface area contributed by atoms with Gasteiger partial charge in [-0.3, -0.25) is 4.98 Å². The zero-order chi connectivity index (χ0) is 23.6. The molecule has 12 heteroatoms. The van der Waals surface area contributed by atoms with E-state index < -0.39 is 0 Å². The monoisotopic (exact) mass is 469 g/mol. The first kappa shape index (κ1) is 20.7. The van der Waals surface area contributed by atoms with Crippen molar-refractivity contribution < 1.29 is 4.84 Å². The van der Waals surface area contributed by atoms with Gasteiger partial charge in [0.25, 0.3) is 0 Å². The topological polar surface area (TPSA) is 135 Å². The van der Waals surface area contributed by atoms with Crippen LogP contribution < -0.4 is 21.4 Å². The van der Waals surface area contributed by atoms with Gasteiger partial charge in [-0.15, -0.1) is 0 Å². The van der Waals surface area contributed by atoms with Gasteiger partial charge in [0.05, 0.1) is 18.6 Å². The van der Waals surface area contributed by atoms with Gasteiger partial charge in [-0.2, -0.15) is 5.10 Å². The Labute approximate surface area is 200 Å². The van der Waals surface area contributed by atoms with E-state index >= 15 is 0 Å². The number of hydroxylamine groups is 1. The summed E-state index contributed by atoms with van der Waals surface area (Å²) in [7, 11) is 0. The molecular formula is C23H23N11O. The summed E-state index contributed by atoms with van der Waals surface area (Å²) in [6.07, 6.45) is 11.9. The Morgan fingerprint density at radius 2 is 1.80 bits per heavy atom. The van der Waals surface area contributed by atoms with Gasteiger partial charge in [0.15, 0.2) is 11.5 Å². The molecule has 5 heterocycles. The van der Waals surface area contributed by atoms with Crippen LogP contribution in [0.2, 0.25) is 0 Å². The Morgan fingerprint density at radius 1 is 0.971 bits per heavy atom. The van der Waals surface area contributed by atoms with Gasteiger partial charge < -0.3 is 25.7 Å². The van der Waals surface area contributed by atoms with Crippen molar-refractivity contribution in [1.29, 1.82) is 0 Å². The number of aromatic nitrogens is 6. The first-order chi connectivity index (χ1) is 17.2. The molecule has 4 aromatic rings. The summed E-state index contributed by atoms with van der Waals surface area (Å²) >= 11 is 0. The van der Waals surface area contributed by atoms with Crippen LogP contribution in [0.25, 0.3) is 17.0 Å². The molecule has 0 amide bonds. The molecule has 0 saturated carbocycles. The molecule has 176 valence electrons. The predicted molar refractivity (Wildman–Crippen MR) is 131 cm³/mol. The van der Waals surface area contributed by atoms with Crippen LogP contribution in [0.1, 0.15) is 0 Å². The molecule has 1 fully saturated rings. The Bertz CT molecular complexity index is 1400. The van der Waals surface area contributed by atoms with E-state index in [1.165, 1.54) is 18.2 Å². The third-order valence-corrected chi connectivity index (χ3v) is 5.86. The van der Waals surface area contributed by atoms with Crippen LogP contribution in [0, 0.1) is 0 Å². The highest BCUT2D eigenvalue weighted by molar-refractivity contribution is 5.73. The molecule has 0 radical (unpaired) electrons. The smallest absolute Gasteiger partial charge is 0.198 e. The second kappa shape index (κ2) is 8.82. The molecule has 6 rings (SSSR count). The Kier molecular flexibility index (Phi) is 5.22.